The van der Waals surface area contributed by atoms with E-state index in [1.54, 1.807) is 7.11 Å². The van der Waals surface area contributed by atoms with Gasteiger partial charge in [-0.15, -0.1) is 0 Å². The van der Waals surface area contributed by atoms with Gasteiger partial charge in [0.15, 0.2) is 0 Å². The highest BCUT2D eigenvalue weighted by Crippen LogP contribution is 2.25. The molecule has 0 fully saturated rings. The third-order valence-corrected chi connectivity index (χ3v) is 3.89. The topological polar surface area (TPSA) is 24.5 Å². The molecule has 0 saturated carbocycles. The molecule has 0 unspecified atom stereocenters. The molecule has 108 valence electrons. The Hall–Kier alpha value is -0.580. The lowest BCUT2D eigenvalue weighted by Gasteiger charge is -2.17. The smallest absolute Gasteiger partial charge is 0.133 e. The molecule has 1 aromatic rings. The molecule has 0 aliphatic heterocycles. The minimum absolute atomic E-state index is 0.880. The second-order valence-corrected chi connectivity index (χ2v) is 5.38. The highest BCUT2D eigenvalue weighted by molar-refractivity contribution is 9.10. The van der Waals surface area contributed by atoms with Gasteiger partial charge in [-0.1, -0.05) is 19.9 Å². The lowest BCUT2D eigenvalue weighted by Crippen LogP contribution is -2.27. The van der Waals surface area contributed by atoms with Gasteiger partial charge in [-0.3, -0.25) is 0 Å². The number of benzene rings is 1. The summed E-state index contributed by atoms with van der Waals surface area (Å²) in [4.78, 5) is 2.45. The molecular formula is C15H25BrN2O. The fourth-order valence-corrected chi connectivity index (χ4v) is 2.61. The van der Waals surface area contributed by atoms with Crippen LogP contribution in [0.2, 0.25) is 0 Å². The monoisotopic (exact) mass is 328 g/mol. The van der Waals surface area contributed by atoms with Crippen molar-refractivity contribution in [3.63, 3.8) is 0 Å². The van der Waals surface area contributed by atoms with Crippen LogP contribution in [0.3, 0.4) is 0 Å². The van der Waals surface area contributed by atoms with Crippen LogP contribution in [-0.2, 0) is 6.54 Å². The molecule has 0 saturated heterocycles. The number of hydrogen-bond donors (Lipinski definition) is 1. The zero-order valence-corrected chi connectivity index (χ0v) is 13.8. The normalized spacial score (nSPS) is 11.0. The Bertz CT molecular complexity index is 367. The highest BCUT2D eigenvalue weighted by Gasteiger charge is 2.01. The van der Waals surface area contributed by atoms with Gasteiger partial charge in [0, 0.05) is 6.54 Å². The molecule has 4 heteroatoms. The summed E-state index contributed by atoms with van der Waals surface area (Å²) in [5, 5.41) is 3.48. The van der Waals surface area contributed by atoms with E-state index in [0.29, 0.717) is 0 Å². The van der Waals surface area contributed by atoms with Gasteiger partial charge < -0.3 is 15.0 Å². The van der Waals surface area contributed by atoms with Crippen LogP contribution in [0.5, 0.6) is 5.75 Å². The van der Waals surface area contributed by atoms with Gasteiger partial charge in [-0.05, 0) is 66.2 Å². The summed E-state index contributed by atoms with van der Waals surface area (Å²) in [6.07, 6.45) is 1.19. The lowest BCUT2D eigenvalue weighted by atomic mass is 10.2. The average molecular weight is 329 g/mol. The summed E-state index contributed by atoms with van der Waals surface area (Å²) in [5.74, 6) is 0.880. The van der Waals surface area contributed by atoms with Crippen molar-refractivity contribution in [3.05, 3.63) is 28.2 Å². The summed E-state index contributed by atoms with van der Waals surface area (Å²) >= 11 is 3.51. The molecule has 0 aromatic heterocycles. The molecule has 19 heavy (non-hydrogen) atoms. The molecule has 3 nitrogen and oxygen atoms in total. The Labute approximate surface area is 125 Å². The number of halogens is 1. The predicted octanol–water partition coefficient (Wildman–Crippen LogP) is 3.28. The van der Waals surface area contributed by atoms with E-state index in [2.05, 4.69) is 52.1 Å². The predicted molar refractivity (Wildman–Crippen MR) is 84.8 cm³/mol. The molecule has 0 radical (unpaired) electrons. The summed E-state index contributed by atoms with van der Waals surface area (Å²) in [7, 11) is 1.69. The molecular weight excluding hydrogens is 304 g/mol. The van der Waals surface area contributed by atoms with Crippen LogP contribution in [0.4, 0.5) is 0 Å². The van der Waals surface area contributed by atoms with Crippen LogP contribution in [0, 0.1) is 0 Å². The Morgan fingerprint density at radius 3 is 2.58 bits per heavy atom. The Morgan fingerprint density at radius 1 is 1.26 bits per heavy atom. The molecule has 0 heterocycles. The third-order valence-electron chi connectivity index (χ3n) is 3.27. The van der Waals surface area contributed by atoms with Crippen LogP contribution in [-0.4, -0.2) is 38.2 Å². The van der Waals surface area contributed by atoms with Crippen molar-refractivity contribution in [3.8, 4) is 5.75 Å². The standard InChI is InChI=1S/C15H25BrN2O/c1-4-18(5-2)10-6-9-17-12-13-7-8-15(19-3)14(16)11-13/h7-8,11,17H,4-6,9-10,12H2,1-3H3. The Balaban J connectivity index is 2.24. The van der Waals surface area contributed by atoms with Crippen LogP contribution < -0.4 is 10.1 Å². The average Bonchev–Trinajstić information content (AvgIpc) is 2.43. The van der Waals surface area contributed by atoms with E-state index >= 15 is 0 Å². The van der Waals surface area contributed by atoms with E-state index in [4.69, 9.17) is 4.74 Å². The van der Waals surface area contributed by atoms with E-state index in [0.717, 1.165) is 36.4 Å². The number of methoxy groups -OCH3 is 1. The van der Waals surface area contributed by atoms with Gasteiger partial charge in [0.1, 0.15) is 5.75 Å². The largest absolute Gasteiger partial charge is 0.496 e. The van der Waals surface area contributed by atoms with Crippen molar-refractivity contribution in [1.82, 2.24) is 10.2 Å². The van der Waals surface area contributed by atoms with Gasteiger partial charge >= 0.3 is 0 Å². The number of nitrogens with zero attached hydrogens (tertiary/aromatic N) is 1. The molecule has 0 bridgehead atoms. The maximum absolute atomic E-state index is 5.22. The maximum Gasteiger partial charge on any atom is 0.133 e. The number of ether oxygens (including phenoxy) is 1. The van der Waals surface area contributed by atoms with E-state index < -0.39 is 0 Å². The fraction of sp³-hybridized carbons (Fsp3) is 0.600. The third kappa shape index (κ3) is 5.93. The van der Waals surface area contributed by atoms with Crippen molar-refractivity contribution in [2.45, 2.75) is 26.8 Å². The first-order chi connectivity index (χ1) is 9.21. The first-order valence-electron chi connectivity index (χ1n) is 6.96. The van der Waals surface area contributed by atoms with E-state index in [-0.39, 0.29) is 0 Å². The van der Waals surface area contributed by atoms with Crippen molar-refractivity contribution in [2.24, 2.45) is 0 Å². The molecule has 1 N–H and O–H groups in total. The van der Waals surface area contributed by atoms with Gasteiger partial charge in [0.05, 0.1) is 11.6 Å². The number of nitrogens with one attached hydrogen (secondary N) is 1. The summed E-state index contributed by atoms with van der Waals surface area (Å²) in [5.41, 5.74) is 1.27. The van der Waals surface area contributed by atoms with E-state index in [9.17, 15) is 0 Å². The highest BCUT2D eigenvalue weighted by atomic mass is 79.9. The summed E-state index contributed by atoms with van der Waals surface area (Å²) < 4.78 is 6.23. The van der Waals surface area contributed by atoms with Crippen LogP contribution >= 0.6 is 15.9 Å². The molecule has 0 atom stereocenters. The Morgan fingerprint density at radius 2 is 2.00 bits per heavy atom. The van der Waals surface area contributed by atoms with Gasteiger partial charge in [0.25, 0.3) is 0 Å². The van der Waals surface area contributed by atoms with Gasteiger partial charge in [-0.25, -0.2) is 0 Å². The molecule has 1 rings (SSSR count). The van der Waals surface area contributed by atoms with Crippen LogP contribution in [0.1, 0.15) is 25.8 Å². The summed E-state index contributed by atoms with van der Waals surface area (Å²) in [6.45, 7) is 9.84. The molecule has 0 aliphatic carbocycles. The van der Waals surface area contributed by atoms with E-state index in [1.807, 2.05) is 6.07 Å². The summed E-state index contributed by atoms with van der Waals surface area (Å²) in [6, 6.07) is 6.20. The SMILES string of the molecule is CCN(CC)CCCNCc1ccc(OC)c(Br)c1. The molecule has 1 aromatic carbocycles. The van der Waals surface area contributed by atoms with Crippen molar-refractivity contribution < 1.29 is 4.74 Å². The van der Waals surface area contributed by atoms with Crippen molar-refractivity contribution >= 4 is 15.9 Å². The van der Waals surface area contributed by atoms with Crippen LogP contribution in [0.15, 0.2) is 22.7 Å². The second-order valence-electron chi connectivity index (χ2n) is 4.53. The zero-order chi connectivity index (χ0) is 14.1. The minimum Gasteiger partial charge on any atom is -0.496 e. The first-order valence-corrected chi connectivity index (χ1v) is 7.76. The quantitative estimate of drug-likeness (QED) is 0.704. The molecule has 0 aliphatic rings. The number of rotatable bonds is 9. The first kappa shape index (κ1) is 16.5. The number of hydrogen-bond acceptors (Lipinski definition) is 3. The van der Waals surface area contributed by atoms with E-state index in [1.165, 1.54) is 18.5 Å². The molecule has 0 amide bonds. The lowest BCUT2D eigenvalue weighted by molar-refractivity contribution is 0.298. The van der Waals surface area contributed by atoms with Crippen molar-refractivity contribution in [2.75, 3.05) is 33.3 Å². The maximum atomic E-state index is 5.22. The van der Waals surface area contributed by atoms with Gasteiger partial charge in [0.2, 0.25) is 0 Å². The van der Waals surface area contributed by atoms with Gasteiger partial charge in [-0.2, -0.15) is 0 Å². The van der Waals surface area contributed by atoms with Crippen molar-refractivity contribution in [1.29, 1.82) is 0 Å². The molecule has 0 spiro atoms. The fourth-order valence-electron chi connectivity index (χ4n) is 2.02. The minimum atomic E-state index is 0.880. The second kappa shape index (κ2) is 9.34. The van der Waals surface area contributed by atoms with Crippen LogP contribution in [0.25, 0.3) is 0 Å². The Kier molecular flexibility index (Phi) is 8.10. The zero-order valence-electron chi connectivity index (χ0n) is 12.2.